The first-order valence-electron chi connectivity index (χ1n) is 8.02. The number of hydrogen-bond donors (Lipinski definition) is 2. The third-order valence-corrected chi connectivity index (χ3v) is 5.59. The molecule has 4 heteroatoms. The summed E-state index contributed by atoms with van der Waals surface area (Å²) in [5.41, 5.74) is 0.283. The molecule has 4 aliphatic carbocycles. The third kappa shape index (κ3) is 3.01. The summed E-state index contributed by atoms with van der Waals surface area (Å²) in [6.07, 6.45) is 8.07. The number of aliphatic hydroxyl groups excluding tert-OH is 1. The van der Waals surface area contributed by atoms with Crippen molar-refractivity contribution in [1.82, 2.24) is 5.32 Å². The number of amides is 1. The van der Waals surface area contributed by atoms with E-state index in [1.54, 1.807) is 7.11 Å². The van der Waals surface area contributed by atoms with Crippen LogP contribution in [0.2, 0.25) is 0 Å². The van der Waals surface area contributed by atoms with Crippen molar-refractivity contribution in [3.05, 3.63) is 0 Å². The Labute approximate surface area is 121 Å². The molecule has 1 atom stereocenters. The van der Waals surface area contributed by atoms with E-state index in [4.69, 9.17) is 4.74 Å². The zero-order chi connectivity index (χ0) is 14.2. The number of rotatable bonds is 6. The fourth-order valence-corrected chi connectivity index (χ4v) is 5.39. The second kappa shape index (κ2) is 5.64. The molecular weight excluding hydrogens is 254 g/mol. The van der Waals surface area contributed by atoms with Crippen LogP contribution in [0.25, 0.3) is 0 Å². The second-order valence-corrected chi connectivity index (χ2v) is 7.51. The van der Waals surface area contributed by atoms with E-state index in [9.17, 15) is 9.90 Å². The molecule has 2 N–H and O–H groups in total. The monoisotopic (exact) mass is 281 g/mol. The Hall–Kier alpha value is -0.610. The van der Waals surface area contributed by atoms with E-state index < -0.39 is 6.10 Å². The maximum Gasteiger partial charge on any atom is 0.220 e. The Morgan fingerprint density at radius 1 is 1.25 bits per heavy atom. The maximum atomic E-state index is 12.2. The molecule has 4 bridgehead atoms. The van der Waals surface area contributed by atoms with Crippen LogP contribution in [0.4, 0.5) is 0 Å². The molecule has 0 aromatic rings. The predicted molar refractivity (Wildman–Crippen MR) is 76.1 cm³/mol. The van der Waals surface area contributed by atoms with Crippen LogP contribution in [0.3, 0.4) is 0 Å². The molecule has 0 saturated heterocycles. The summed E-state index contributed by atoms with van der Waals surface area (Å²) in [4.78, 5) is 12.2. The highest BCUT2D eigenvalue weighted by Gasteiger charge is 2.51. The zero-order valence-electron chi connectivity index (χ0n) is 12.4. The molecular formula is C16H27NO3. The molecule has 0 radical (unpaired) electrons. The highest BCUT2D eigenvalue weighted by atomic mass is 16.5. The van der Waals surface area contributed by atoms with Crippen molar-refractivity contribution < 1.29 is 14.6 Å². The number of carbonyl (C=O) groups is 1. The molecule has 114 valence electrons. The van der Waals surface area contributed by atoms with Crippen LogP contribution < -0.4 is 5.32 Å². The van der Waals surface area contributed by atoms with Crippen molar-refractivity contribution in [2.75, 3.05) is 20.3 Å². The molecule has 4 rings (SSSR count). The molecule has 1 amide bonds. The minimum absolute atomic E-state index is 0.113. The van der Waals surface area contributed by atoms with E-state index in [1.165, 1.54) is 38.5 Å². The average molecular weight is 281 g/mol. The number of methoxy groups -OCH3 is 1. The van der Waals surface area contributed by atoms with E-state index in [0.717, 1.165) is 17.8 Å². The summed E-state index contributed by atoms with van der Waals surface area (Å²) >= 11 is 0. The van der Waals surface area contributed by atoms with Crippen LogP contribution in [-0.4, -0.2) is 37.4 Å². The van der Waals surface area contributed by atoms with Crippen molar-refractivity contribution in [2.24, 2.45) is 23.2 Å². The molecule has 0 heterocycles. The topological polar surface area (TPSA) is 58.6 Å². The Bertz CT molecular complexity index is 333. The molecule has 4 fully saturated rings. The minimum Gasteiger partial charge on any atom is -0.389 e. The zero-order valence-corrected chi connectivity index (χ0v) is 12.4. The Morgan fingerprint density at radius 2 is 1.80 bits per heavy atom. The van der Waals surface area contributed by atoms with Crippen molar-refractivity contribution in [2.45, 2.75) is 51.0 Å². The predicted octanol–water partition coefficient (Wildman–Crippen LogP) is 1.72. The van der Waals surface area contributed by atoms with E-state index >= 15 is 0 Å². The van der Waals surface area contributed by atoms with Gasteiger partial charge in [-0.1, -0.05) is 0 Å². The Balaban J connectivity index is 1.51. The largest absolute Gasteiger partial charge is 0.389 e. The lowest BCUT2D eigenvalue weighted by Crippen LogP contribution is -2.48. The van der Waals surface area contributed by atoms with Gasteiger partial charge in [0.1, 0.15) is 0 Å². The molecule has 4 saturated carbocycles. The summed E-state index contributed by atoms with van der Waals surface area (Å²) in [5, 5.41) is 12.5. The summed E-state index contributed by atoms with van der Waals surface area (Å²) in [5.74, 6) is 2.76. The first-order valence-corrected chi connectivity index (χ1v) is 8.02. The van der Waals surface area contributed by atoms with E-state index in [2.05, 4.69) is 5.32 Å². The van der Waals surface area contributed by atoms with Gasteiger partial charge in [0.15, 0.2) is 0 Å². The van der Waals surface area contributed by atoms with Crippen LogP contribution in [0.5, 0.6) is 0 Å². The lowest BCUT2D eigenvalue weighted by Gasteiger charge is -2.56. The lowest BCUT2D eigenvalue weighted by atomic mass is 9.49. The number of hydrogen-bond acceptors (Lipinski definition) is 3. The van der Waals surface area contributed by atoms with Crippen LogP contribution in [0, 0.1) is 23.2 Å². The van der Waals surface area contributed by atoms with Gasteiger partial charge >= 0.3 is 0 Å². The van der Waals surface area contributed by atoms with E-state index in [0.29, 0.717) is 13.0 Å². The highest BCUT2D eigenvalue weighted by Crippen LogP contribution is 2.61. The Kier molecular flexibility index (Phi) is 4.04. The van der Waals surface area contributed by atoms with Crippen LogP contribution >= 0.6 is 0 Å². The standard InChI is InChI=1S/C16H27NO3/c1-20-10-14(18)9-17-15(19)8-16-5-11-2-12(6-16)4-13(3-11)7-16/h11-14,18H,2-10H2,1H3,(H,17,19). The SMILES string of the molecule is COCC(O)CNC(=O)CC12CC3CC(CC(C3)C1)C2. The van der Waals surface area contributed by atoms with Gasteiger partial charge in [-0.05, 0) is 61.7 Å². The number of carbonyl (C=O) groups excluding carboxylic acids is 1. The van der Waals surface area contributed by atoms with Gasteiger partial charge in [0.2, 0.25) is 5.91 Å². The normalized spacial score (nSPS) is 39.8. The smallest absolute Gasteiger partial charge is 0.220 e. The Morgan fingerprint density at radius 3 is 2.30 bits per heavy atom. The molecule has 4 aliphatic rings. The first-order chi connectivity index (χ1) is 9.58. The van der Waals surface area contributed by atoms with E-state index in [-0.39, 0.29) is 17.9 Å². The van der Waals surface area contributed by atoms with Crippen LogP contribution in [0.15, 0.2) is 0 Å². The highest BCUT2D eigenvalue weighted by molar-refractivity contribution is 5.76. The van der Waals surface area contributed by atoms with Gasteiger partial charge in [0.05, 0.1) is 12.7 Å². The first kappa shape index (κ1) is 14.3. The minimum atomic E-state index is -0.597. The average Bonchev–Trinajstić information content (AvgIpc) is 2.34. The van der Waals surface area contributed by atoms with Gasteiger partial charge in [-0.25, -0.2) is 0 Å². The molecule has 0 aromatic carbocycles. The molecule has 1 unspecified atom stereocenters. The van der Waals surface area contributed by atoms with Crippen molar-refractivity contribution in [3.8, 4) is 0 Å². The molecule has 20 heavy (non-hydrogen) atoms. The van der Waals surface area contributed by atoms with Crippen molar-refractivity contribution in [3.63, 3.8) is 0 Å². The quantitative estimate of drug-likeness (QED) is 0.779. The molecule has 0 spiro atoms. The summed E-state index contributed by atoms with van der Waals surface area (Å²) in [6, 6.07) is 0. The van der Waals surface area contributed by atoms with Gasteiger partial charge in [0, 0.05) is 20.1 Å². The summed E-state index contributed by atoms with van der Waals surface area (Å²) in [7, 11) is 1.56. The van der Waals surface area contributed by atoms with Gasteiger partial charge < -0.3 is 15.2 Å². The summed E-state index contributed by atoms with van der Waals surface area (Å²) < 4.78 is 4.87. The van der Waals surface area contributed by atoms with Crippen LogP contribution in [0.1, 0.15) is 44.9 Å². The van der Waals surface area contributed by atoms with E-state index in [1.807, 2.05) is 0 Å². The van der Waals surface area contributed by atoms with Gasteiger partial charge in [-0.2, -0.15) is 0 Å². The third-order valence-electron chi connectivity index (χ3n) is 5.59. The van der Waals surface area contributed by atoms with Gasteiger partial charge in [-0.15, -0.1) is 0 Å². The van der Waals surface area contributed by atoms with Crippen molar-refractivity contribution in [1.29, 1.82) is 0 Å². The number of nitrogens with one attached hydrogen (secondary N) is 1. The summed E-state index contributed by atoms with van der Waals surface area (Å²) in [6.45, 7) is 0.580. The van der Waals surface area contributed by atoms with Crippen molar-refractivity contribution >= 4 is 5.91 Å². The second-order valence-electron chi connectivity index (χ2n) is 7.51. The number of ether oxygens (including phenoxy) is 1. The van der Waals surface area contributed by atoms with Gasteiger partial charge in [0.25, 0.3) is 0 Å². The fourth-order valence-electron chi connectivity index (χ4n) is 5.39. The molecule has 0 aliphatic heterocycles. The maximum absolute atomic E-state index is 12.2. The van der Waals surface area contributed by atoms with Crippen LogP contribution in [-0.2, 0) is 9.53 Å². The lowest BCUT2D eigenvalue weighted by molar-refractivity contribution is -0.130. The fraction of sp³-hybridized carbons (Fsp3) is 0.938. The molecule has 0 aromatic heterocycles. The molecule has 4 nitrogen and oxygen atoms in total. The number of aliphatic hydroxyl groups is 1. The van der Waals surface area contributed by atoms with Gasteiger partial charge in [-0.3, -0.25) is 4.79 Å².